The van der Waals surface area contributed by atoms with Gasteiger partial charge in [0, 0.05) is 17.8 Å². The molecule has 0 radical (unpaired) electrons. The van der Waals surface area contributed by atoms with Crippen LogP contribution in [0.2, 0.25) is 0 Å². The molecule has 0 aromatic heterocycles. The first kappa shape index (κ1) is 22.4. The largest absolute Gasteiger partial charge is 0.493 e. The summed E-state index contributed by atoms with van der Waals surface area (Å²) >= 11 is 5.30. The number of para-hydroxylation sites is 1. The Morgan fingerprint density at radius 1 is 1.00 bits per heavy atom. The molecule has 0 saturated heterocycles. The predicted octanol–water partition coefficient (Wildman–Crippen LogP) is 4.65. The monoisotopic (exact) mass is 413 g/mol. The van der Waals surface area contributed by atoms with Crippen LogP contribution in [0, 0.1) is 6.92 Å². The summed E-state index contributed by atoms with van der Waals surface area (Å²) < 4.78 is 5.72. The number of ether oxygens (including phenoxy) is 1. The van der Waals surface area contributed by atoms with Gasteiger partial charge in [0.15, 0.2) is 5.11 Å². The lowest BCUT2D eigenvalue weighted by atomic mass is 10.1. The second-order valence-corrected chi connectivity index (χ2v) is 6.89. The van der Waals surface area contributed by atoms with Crippen molar-refractivity contribution in [2.45, 2.75) is 40.0 Å². The molecule has 0 unspecified atom stereocenters. The van der Waals surface area contributed by atoms with Crippen molar-refractivity contribution in [3.63, 3.8) is 0 Å². The number of carbonyl (C=O) groups is 2. The van der Waals surface area contributed by atoms with E-state index in [4.69, 9.17) is 17.0 Å². The summed E-state index contributed by atoms with van der Waals surface area (Å²) in [5.41, 5.74) is 2.66. The Hall–Kier alpha value is -2.93. The summed E-state index contributed by atoms with van der Waals surface area (Å²) in [6.45, 7) is 6.30. The molecule has 0 aliphatic heterocycles. The van der Waals surface area contributed by atoms with Gasteiger partial charge in [-0.05, 0) is 55.4 Å². The third kappa shape index (κ3) is 6.57. The van der Waals surface area contributed by atoms with Crippen LogP contribution in [0.5, 0.6) is 5.75 Å². The van der Waals surface area contributed by atoms with Crippen LogP contribution in [0.1, 0.15) is 49.0 Å². The molecule has 2 amide bonds. The van der Waals surface area contributed by atoms with E-state index in [-0.39, 0.29) is 16.9 Å². The van der Waals surface area contributed by atoms with Crippen molar-refractivity contribution in [3.8, 4) is 5.75 Å². The summed E-state index contributed by atoms with van der Waals surface area (Å²) in [6.07, 6.45) is 2.32. The maximum atomic E-state index is 12.7. The van der Waals surface area contributed by atoms with Gasteiger partial charge in [0.25, 0.3) is 5.91 Å². The number of carbonyl (C=O) groups excluding carboxylic acids is 2. The van der Waals surface area contributed by atoms with Crippen LogP contribution in [0.25, 0.3) is 0 Å². The van der Waals surface area contributed by atoms with Gasteiger partial charge >= 0.3 is 0 Å². The van der Waals surface area contributed by atoms with Crippen molar-refractivity contribution in [2.24, 2.45) is 0 Å². The number of anilines is 2. The topological polar surface area (TPSA) is 79.5 Å². The summed E-state index contributed by atoms with van der Waals surface area (Å²) in [5, 5.41) is 8.72. The fourth-order valence-electron chi connectivity index (χ4n) is 2.58. The molecule has 2 rings (SSSR count). The van der Waals surface area contributed by atoms with E-state index in [9.17, 15) is 9.59 Å². The lowest BCUT2D eigenvalue weighted by Gasteiger charge is -2.16. The summed E-state index contributed by atoms with van der Waals surface area (Å²) in [4.78, 5) is 24.3. The highest BCUT2D eigenvalue weighted by molar-refractivity contribution is 7.80. The van der Waals surface area contributed by atoms with Gasteiger partial charge in [-0.1, -0.05) is 38.5 Å². The van der Waals surface area contributed by atoms with Crippen molar-refractivity contribution in [1.29, 1.82) is 0 Å². The van der Waals surface area contributed by atoms with Crippen molar-refractivity contribution >= 4 is 40.5 Å². The SMILES string of the molecule is CCCCOc1ccccc1C(=O)NC(=S)Nc1cccc(NC(=O)CC)c1C. The number of benzene rings is 2. The van der Waals surface area contributed by atoms with E-state index in [2.05, 4.69) is 22.9 Å². The summed E-state index contributed by atoms with van der Waals surface area (Å²) in [6, 6.07) is 12.5. The van der Waals surface area contributed by atoms with Crippen LogP contribution in [-0.4, -0.2) is 23.5 Å². The molecule has 0 fully saturated rings. The van der Waals surface area contributed by atoms with Crippen molar-refractivity contribution in [2.75, 3.05) is 17.2 Å². The third-order valence-electron chi connectivity index (χ3n) is 4.29. The Bertz CT molecular complexity index is 883. The molecule has 0 heterocycles. The number of unbranched alkanes of at least 4 members (excludes halogenated alkanes) is 1. The quantitative estimate of drug-likeness (QED) is 0.434. The van der Waals surface area contributed by atoms with Gasteiger partial charge in [-0.3, -0.25) is 14.9 Å². The number of thiocarbonyl (C=S) groups is 1. The van der Waals surface area contributed by atoms with Crippen LogP contribution in [0.15, 0.2) is 42.5 Å². The molecule has 0 spiro atoms. The van der Waals surface area contributed by atoms with E-state index in [1.54, 1.807) is 25.1 Å². The molecular formula is C22H27N3O3S. The molecule has 6 nitrogen and oxygen atoms in total. The van der Waals surface area contributed by atoms with E-state index < -0.39 is 0 Å². The minimum atomic E-state index is -0.345. The maximum absolute atomic E-state index is 12.7. The van der Waals surface area contributed by atoms with Crippen LogP contribution >= 0.6 is 12.2 Å². The molecule has 3 N–H and O–H groups in total. The molecule has 0 aliphatic rings. The van der Waals surface area contributed by atoms with Gasteiger partial charge < -0.3 is 15.4 Å². The van der Waals surface area contributed by atoms with E-state index in [0.717, 1.165) is 18.4 Å². The second-order valence-electron chi connectivity index (χ2n) is 6.49. The Morgan fingerprint density at radius 2 is 1.69 bits per heavy atom. The van der Waals surface area contributed by atoms with Crippen molar-refractivity contribution in [3.05, 3.63) is 53.6 Å². The Kier molecular flexibility index (Phi) is 8.61. The molecule has 2 aromatic rings. The highest BCUT2D eigenvalue weighted by atomic mass is 32.1. The van der Waals surface area contributed by atoms with E-state index >= 15 is 0 Å². The van der Waals surface area contributed by atoms with Crippen LogP contribution in [-0.2, 0) is 4.79 Å². The standard InChI is InChI=1S/C22H27N3O3S/c1-4-6-14-28-19-13-8-7-10-16(19)21(27)25-22(29)24-18-12-9-11-17(15(18)3)23-20(26)5-2/h7-13H,4-6,14H2,1-3H3,(H,23,26)(H2,24,25,27,29). The molecule has 0 aliphatic carbocycles. The average molecular weight is 414 g/mol. The first-order valence-corrected chi connectivity index (χ1v) is 10.1. The molecule has 7 heteroatoms. The number of amides is 2. The number of nitrogens with one attached hydrogen (secondary N) is 3. The minimum Gasteiger partial charge on any atom is -0.493 e. The Balaban J connectivity index is 2.05. The van der Waals surface area contributed by atoms with Gasteiger partial charge in [-0.15, -0.1) is 0 Å². The van der Waals surface area contributed by atoms with Crippen LogP contribution < -0.4 is 20.7 Å². The molecule has 0 atom stereocenters. The zero-order valence-corrected chi connectivity index (χ0v) is 17.8. The first-order chi connectivity index (χ1) is 14.0. The smallest absolute Gasteiger partial charge is 0.261 e. The molecule has 0 saturated carbocycles. The number of hydrogen-bond donors (Lipinski definition) is 3. The Morgan fingerprint density at radius 3 is 2.38 bits per heavy atom. The van der Waals surface area contributed by atoms with E-state index in [0.29, 0.717) is 35.7 Å². The van der Waals surface area contributed by atoms with Gasteiger partial charge in [0.2, 0.25) is 5.91 Å². The fraction of sp³-hybridized carbons (Fsp3) is 0.318. The molecule has 0 bridgehead atoms. The highest BCUT2D eigenvalue weighted by Gasteiger charge is 2.14. The second kappa shape index (κ2) is 11.2. The molecule has 29 heavy (non-hydrogen) atoms. The normalized spacial score (nSPS) is 10.2. The van der Waals surface area contributed by atoms with E-state index in [1.807, 2.05) is 31.2 Å². The van der Waals surface area contributed by atoms with Crippen molar-refractivity contribution < 1.29 is 14.3 Å². The van der Waals surface area contributed by atoms with Crippen LogP contribution in [0.4, 0.5) is 11.4 Å². The molecular weight excluding hydrogens is 386 g/mol. The summed E-state index contributed by atoms with van der Waals surface area (Å²) in [5.74, 6) is 0.116. The zero-order chi connectivity index (χ0) is 21.2. The average Bonchev–Trinajstić information content (AvgIpc) is 2.71. The maximum Gasteiger partial charge on any atom is 0.261 e. The fourth-order valence-corrected chi connectivity index (χ4v) is 2.78. The lowest BCUT2D eigenvalue weighted by molar-refractivity contribution is -0.115. The van der Waals surface area contributed by atoms with Crippen LogP contribution in [0.3, 0.4) is 0 Å². The van der Waals surface area contributed by atoms with Gasteiger partial charge in [-0.2, -0.15) is 0 Å². The van der Waals surface area contributed by atoms with Gasteiger partial charge in [0.1, 0.15) is 5.75 Å². The van der Waals surface area contributed by atoms with E-state index in [1.165, 1.54) is 0 Å². The third-order valence-corrected chi connectivity index (χ3v) is 4.50. The first-order valence-electron chi connectivity index (χ1n) is 9.69. The predicted molar refractivity (Wildman–Crippen MR) is 121 cm³/mol. The summed E-state index contributed by atoms with van der Waals surface area (Å²) in [7, 11) is 0. The van der Waals surface area contributed by atoms with Gasteiger partial charge in [0.05, 0.1) is 12.2 Å². The lowest BCUT2D eigenvalue weighted by Crippen LogP contribution is -2.34. The van der Waals surface area contributed by atoms with Gasteiger partial charge in [-0.25, -0.2) is 0 Å². The number of hydrogen-bond acceptors (Lipinski definition) is 4. The zero-order valence-electron chi connectivity index (χ0n) is 17.0. The minimum absolute atomic E-state index is 0.0687. The Labute approximate surface area is 177 Å². The highest BCUT2D eigenvalue weighted by Crippen LogP contribution is 2.24. The molecule has 2 aromatic carbocycles. The molecule has 154 valence electrons. The number of rotatable bonds is 8. The van der Waals surface area contributed by atoms with Crippen molar-refractivity contribution in [1.82, 2.24) is 5.32 Å².